The predicted molar refractivity (Wildman–Crippen MR) is 130 cm³/mol. The molecular weight excluding hydrogens is 447 g/mol. The van der Waals surface area contributed by atoms with Gasteiger partial charge in [-0.1, -0.05) is 12.1 Å². The molecule has 8 nitrogen and oxygen atoms in total. The molecule has 0 atom stereocenters. The second-order valence-electron chi connectivity index (χ2n) is 8.67. The van der Waals surface area contributed by atoms with Gasteiger partial charge in [-0.25, -0.2) is 9.37 Å². The summed E-state index contributed by atoms with van der Waals surface area (Å²) < 4.78 is 13.1. The number of aromatic nitrogens is 3. The fourth-order valence-corrected chi connectivity index (χ4v) is 4.34. The van der Waals surface area contributed by atoms with Crippen LogP contribution in [0.25, 0.3) is 11.0 Å². The van der Waals surface area contributed by atoms with Gasteiger partial charge in [0.2, 0.25) is 0 Å². The zero-order valence-electron chi connectivity index (χ0n) is 19.0. The molecule has 4 heterocycles. The van der Waals surface area contributed by atoms with Crippen molar-refractivity contribution in [2.24, 2.45) is 0 Å². The average Bonchev–Trinajstić information content (AvgIpc) is 3.36. The fourth-order valence-electron chi connectivity index (χ4n) is 4.34. The highest BCUT2D eigenvalue weighted by molar-refractivity contribution is 6.12. The van der Waals surface area contributed by atoms with Crippen molar-refractivity contribution >= 4 is 28.5 Å². The summed E-state index contributed by atoms with van der Waals surface area (Å²) in [6.07, 6.45) is 7.95. The summed E-state index contributed by atoms with van der Waals surface area (Å²) in [6.45, 7) is 2.45. The minimum Gasteiger partial charge on any atom is -0.349 e. The van der Waals surface area contributed by atoms with Gasteiger partial charge in [0.15, 0.2) is 0 Å². The average molecular weight is 473 g/mol. The van der Waals surface area contributed by atoms with E-state index in [1.807, 2.05) is 0 Å². The van der Waals surface area contributed by atoms with Gasteiger partial charge in [0, 0.05) is 49.7 Å². The summed E-state index contributed by atoms with van der Waals surface area (Å²) in [4.78, 5) is 39.3. The Morgan fingerprint density at radius 3 is 2.66 bits per heavy atom. The SMILES string of the molecule is O=C(NC1CCN(Cc2ccc(F)cc2)CC1)c1cncc(NC(=O)c2ccnc3[nH]ccc23)c1. The number of aromatic amines is 1. The smallest absolute Gasteiger partial charge is 0.256 e. The lowest BCUT2D eigenvalue weighted by atomic mass is 10.0. The Morgan fingerprint density at radius 1 is 1.06 bits per heavy atom. The van der Waals surface area contributed by atoms with E-state index in [-0.39, 0.29) is 23.7 Å². The molecule has 1 saturated heterocycles. The summed E-state index contributed by atoms with van der Waals surface area (Å²) in [5, 5.41) is 6.62. The molecule has 4 aromatic rings. The van der Waals surface area contributed by atoms with Gasteiger partial charge in [-0.2, -0.15) is 0 Å². The number of H-pyrrole nitrogens is 1. The first kappa shape index (κ1) is 22.7. The molecule has 1 fully saturated rings. The Balaban J connectivity index is 1.16. The molecule has 0 saturated carbocycles. The third-order valence-electron chi connectivity index (χ3n) is 6.21. The quantitative estimate of drug-likeness (QED) is 0.397. The van der Waals surface area contributed by atoms with Crippen molar-refractivity contribution in [3.63, 3.8) is 0 Å². The van der Waals surface area contributed by atoms with Crippen molar-refractivity contribution in [3.8, 4) is 0 Å². The number of halogens is 1. The van der Waals surface area contributed by atoms with Gasteiger partial charge < -0.3 is 15.6 Å². The highest BCUT2D eigenvalue weighted by Crippen LogP contribution is 2.18. The molecule has 0 aliphatic carbocycles. The van der Waals surface area contributed by atoms with Gasteiger partial charge in [0.1, 0.15) is 11.5 Å². The molecule has 1 aromatic carbocycles. The number of rotatable bonds is 6. The Labute approximate surface area is 201 Å². The molecule has 0 bridgehead atoms. The standard InChI is InChI=1S/C26H25FN6O2/c27-19-3-1-17(2-4-19)16-33-11-7-20(8-12-33)31-25(34)18-13-21(15-28-14-18)32-26(35)23-6-10-30-24-22(23)5-9-29-24/h1-6,9-10,13-15,20H,7-8,11-12,16H2,(H,29,30)(H,31,34)(H,32,35). The molecule has 1 aliphatic rings. The van der Waals surface area contributed by atoms with Crippen molar-refractivity contribution in [1.82, 2.24) is 25.2 Å². The van der Waals surface area contributed by atoms with E-state index in [1.54, 1.807) is 42.7 Å². The number of hydrogen-bond donors (Lipinski definition) is 3. The number of likely N-dealkylation sites (tertiary alicyclic amines) is 1. The van der Waals surface area contributed by atoms with Crippen LogP contribution >= 0.6 is 0 Å². The molecule has 178 valence electrons. The monoisotopic (exact) mass is 472 g/mol. The van der Waals surface area contributed by atoms with E-state index in [0.717, 1.165) is 43.4 Å². The maximum atomic E-state index is 13.1. The number of benzene rings is 1. The Hall–Kier alpha value is -4.11. The van der Waals surface area contributed by atoms with Gasteiger partial charge in [0.05, 0.1) is 23.0 Å². The number of nitrogens with zero attached hydrogens (tertiary/aromatic N) is 3. The summed E-state index contributed by atoms with van der Waals surface area (Å²) in [7, 11) is 0. The molecule has 1 aliphatic heterocycles. The molecular formula is C26H25FN6O2. The van der Waals surface area contributed by atoms with E-state index in [0.29, 0.717) is 22.5 Å². The van der Waals surface area contributed by atoms with E-state index in [4.69, 9.17) is 0 Å². The zero-order valence-corrected chi connectivity index (χ0v) is 19.0. The summed E-state index contributed by atoms with van der Waals surface area (Å²) in [6, 6.07) is 11.7. The van der Waals surface area contributed by atoms with Gasteiger partial charge >= 0.3 is 0 Å². The maximum Gasteiger partial charge on any atom is 0.256 e. The third kappa shape index (κ3) is 5.36. The van der Waals surface area contributed by atoms with Crippen LogP contribution in [0.2, 0.25) is 0 Å². The lowest BCUT2D eigenvalue weighted by molar-refractivity contribution is 0.0907. The molecule has 3 aromatic heterocycles. The van der Waals surface area contributed by atoms with Crippen LogP contribution in [-0.4, -0.2) is 50.8 Å². The predicted octanol–water partition coefficient (Wildman–Crippen LogP) is 3.74. The second-order valence-corrected chi connectivity index (χ2v) is 8.67. The number of nitrogens with one attached hydrogen (secondary N) is 3. The number of hydrogen-bond acceptors (Lipinski definition) is 5. The van der Waals surface area contributed by atoms with Crippen LogP contribution in [0, 0.1) is 5.82 Å². The van der Waals surface area contributed by atoms with Crippen LogP contribution < -0.4 is 10.6 Å². The van der Waals surface area contributed by atoms with Crippen LogP contribution in [-0.2, 0) is 6.54 Å². The molecule has 9 heteroatoms. The first-order valence-electron chi connectivity index (χ1n) is 11.5. The van der Waals surface area contributed by atoms with Crippen molar-refractivity contribution in [2.75, 3.05) is 18.4 Å². The summed E-state index contributed by atoms with van der Waals surface area (Å²) >= 11 is 0. The van der Waals surface area contributed by atoms with E-state index in [1.165, 1.54) is 24.5 Å². The fraction of sp³-hybridized carbons (Fsp3) is 0.231. The topological polar surface area (TPSA) is 103 Å². The first-order valence-corrected chi connectivity index (χ1v) is 11.5. The Morgan fingerprint density at radius 2 is 1.86 bits per heavy atom. The minimum atomic E-state index is -0.301. The molecule has 5 rings (SSSR count). The Kier molecular flexibility index (Phi) is 6.49. The highest BCUT2D eigenvalue weighted by atomic mass is 19.1. The Bertz CT molecular complexity index is 1350. The second kappa shape index (κ2) is 10.0. The van der Waals surface area contributed by atoms with E-state index >= 15 is 0 Å². The maximum absolute atomic E-state index is 13.1. The van der Waals surface area contributed by atoms with Crippen molar-refractivity contribution in [1.29, 1.82) is 0 Å². The molecule has 3 N–H and O–H groups in total. The van der Waals surface area contributed by atoms with Crippen LogP contribution in [0.4, 0.5) is 10.1 Å². The third-order valence-corrected chi connectivity index (χ3v) is 6.21. The number of carbonyl (C=O) groups excluding carboxylic acids is 2. The number of fused-ring (bicyclic) bond motifs is 1. The highest BCUT2D eigenvalue weighted by Gasteiger charge is 2.22. The number of pyridine rings is 2. The lowest BCUT2D eigenvalue weighted by Gasteiger charge is -2.32. The molecule has 0 unspecified atom stereocenters. The molecule has 0 spiro atoms. The molecule has 2 amide bonds. The number of amides is 2. The zero-order chi connectivity index (χ0) is 24.2. The number of piperidine rings is 1. The molecule has 0 radical (unpaired) electrons. The van der Waals surface area contributed by atoms with Crippen molar-refractivity contribution in [3.05, 3.63) is 89.8 Å². The number of carbonyl (C=O) groups is 2. The van der Waals surface area contributed by atoms with Gasteiger partial charge in [0.25, 0.3) is 11.8 Å². The van der Waals surface area contributed by atoms with Crippen molar-refractivity contribution in [2.45, 2.75) is 25.4 Å². The largest absolute Gasteiger partial charge is 0.349 e. The van der Waals surface area contributed by atoms with E-state index in [9.17, 15) is 14.0 Å². The first-order chi connectivity index (χ1) is 17.0. The normalized spacial score (nSPS) is 14.7. The molecule has 35 heavy (non-hydrogen) atoms. The van der Waals surface area contributed by atoms with Gasteiger partial charge in [-0.05, 0) is 48.7 Å². The summed E-state index contributed by atoms with van der Waals surface area (Å²) in [5.41, 5.74) is 3.02. The minimum absolute atomic E-state index is 0.0592. The van der Waals surface area contributed by atoms with E-state index in [2.05, 4.69) is 30.5 Å². The number of anilines is 1. The van der Waals surface area contributed by atoms with Gasteiger partial charge in [-0.3, -0.25) is 19.5 Å². The van der Waals surface area contributed by atoms with Crippen LogP contribution in [0.3, 0.4) is 0 Å². The van der Waals surface area contributed by atoms with E-state index < -0.39 is 0 Å². The van der Waals surface area contributed by atoms with Crippen LogP contribution in [0.15, 0.2) is 67.3 Å². The van der Waals surface area contributed by atoms with Crippen LogP contribution in [0.1, 0.15) is 39.1 Å². The lowest BCUT2D eigenvalue weighted by Crippen LogP contribution is -2.44. The van der Waals surface area contributed by atoms with Crippen molar-refractivity contribution < 1.29 is 14.0 Å². The summed E-state index contributed by atoms with van der Waals surface area (Å²) in [5.74, 6) is -0.754. The van der Waals surface area contributed by atoms with Gasteiger partial charge in [-0.15, -0.1) is 0 Å². The van der Waals surface area contributed by atoms with Crippen LogP contribution in [0.5, 0.6) is 0 Å².